The van der Waals surface area contributed by atoms with Crippen molar-refractivity contribution in [2.45, 2.75) is 57.3 Å². The number of aromatic nitrogens is 2. The molecular formula is C22H36ClN7O2S. The van der Waals surface area contributed by atoms with E-state index in [0.717, 1.165) is 25.5 Å². The minimum Gasteiger partial charge on any atom is -0.354 e. The zero-order valence-electron chi connectivity index (χ0n) is 20.1. The molecule has 0 aliphatic carbocycles. The smallest absolute Gasteiger partial charge is 0.318 e. The van der Waals surface area contributed by atoms with Crippen LogP contribution in [0.15, 0.2) is 11.2 Å². The van der Waals surface area contributed by atoms with Gasteiger partial charge >= 0.3 is 6.03 Å². The molecule has 2 saturated heterocycles. The van der Waals surface area contributed by atoms with E-state index in [-0.39, 0.29) is 29.3 Å². The van der Waals surface area contributed by atoms with E-state index < -0.39 is 0 Å². The SMILES string of the molecule is CC1CN(c2cc(Cl)nc(SCC(=O)NCCN3CCCC3)n2)CCN1C(=O)NC(C)(C)C. The number of anilines is 1. The Morgan fingerprint density at radius 2 is 1.91 bits per heavy atom. The van der Waals surface area contributed by atoms with Gasteiger partial charge in [-0.05, 0) is 53.6 Å². The molecule has 2 aliphatic heterocycles. The van der Waals surface area contributed by atoms with Crippen molar-refractivity contribution in [1.82, 2.24) is 30.4 Å². The number of thioether (sulfide) groups is 1. The summed E-state index contributed by atoms with van der Waals surface area (Å²) in [5.74, 6) is 0.933. The highest BCUT2D eigenvalue weighted by Gasteiger charge is 2.30. The van der Waals surface area contributed by atoms with Crippen LogP contribution in [0.2, 0.25) is 5.15 Å². The van der Waals surface area contributed by atoms with Crippen LogP contribution in [0, 0.1) is 0 Å². The van der Waals surface area contributed by atoms with Crippen molar-refractivity contribution in [1.29, 1.82) is 0 Å². The van der Waals surface area contributed by atoms with E-state index >= 15 is 0 Å². The van der Waals surface area contributed by atoms with Gasteiger partial charge in [0.05, 0.1) is 5.75 Å². The lowest BCUT2D eigenvalue weighted by atomic mass is 10.1. The second-order valence-electron chi connectivity index (χ2n) is 9.69. The highest BCUT2D eigenvalue weighted by Crippen LogP contribution is 2.24. The second kappa shape index (κ2) is 11.6. The molecule has 3 heterocycles. The zero-order chi connectivity index (χ0) is 24.0. The van der Waals surface area contributed by atoms with Gasteiger partial charge in [-0.15, -0.1) is 0 Å². The Kier molecular flexibility index (Phi) is 9.06. The number of rotatable bonds is 7. The maximum Gasteiger partial charge on any atom is 0.318 e. The van der Waals surface area contributed by atoms with Gasteiger partial charge in [-0.3, -0.25) is 4.79 Å². The summed E-state index contributed by atoms with van der Waals surface area (Å²) in [6, 6.07) is 1.70. The Bertz CT molecular complexity index is 829. The van der Waals surface area contributed by atoms with Gasteiger partial charge in [0.15, 0.2) is 5.16 Å². The van der Waals surface area contributed by atoms with Crippen molar-refractivity contribution in [3.63, 3.8) is 0 Å². The first-order valence-corrected chi connectivity index (χ1v) is 13.0. The van der Waals surface area contributed by atoms with Gasteiger partial charge in [-0.25, -0.2) is 14.8 Å². The molecule has 33 heavy (non-hydrogen) atoms. The van der Waals surface area contributed by atoms with Crippen molar-refractivity contribution in [3.8, 4) is 0 Å². The van der Waals surface area contributed by atoms with Crippen molar-refractivity contribution >= 4 is 41.1 Å². The largest absolute Gasteiger partial charge is 0.354 e. The lowest BCUT2D eigenvalue weighted by Gasteiger charge is -2.41. The number of hydrogen-bond acceptors (Lipinski definition) is 7. The van der Waals surface area contributed by atoms with Crippen LogP contribution in [-0.4, -0.2) is 94.9 Å². The Labute approximate surface area is 206 Å². The van der Waals surface area contributed by atoms with Crippen LogP contribution >= 0.6 is 23.4 Å². The third kappa shape index (κ3) is 8.19. The van der Waals surface area contributed by atoms with Crippen molar-refractivity contribution in [3.05, 3.63) is 11.2 Å². The molecule has 1 unspecified atom stereocenters. The van der Waals surface area contributed by atoms with Gasteiger partial charge in [0.1, 0.15) is 11.0 Å². The summed E-state index contributed by atoms with van der Waals surface area (Å²) < 4.78 is 0. The molecule has 11 heteroatoms. The van der Waals surface area contributed by atoms with Gasteiger partial charge < -0.3 is 25.3 Å². The summed E-state index contributed by atoms with van der Waals surface area (Å²) >= 11 is 7.54. The van der Waals surface area contributed by atoms with Gasteiger partial charge in [0.2, 0.25) is 5.91 Å². The Balaban J connectivity index is 1.50. The number of urea groups is 1. The van der Waals surface area contributed by atoms with E-state index in [1.807, 2.05) is 32.6 Å². The second-order valence-corrected chi connectivity index (χ2v) is 11.0. The molecule has 1 aromatic heterocycles. The first kappa shape index (κ1) is 25.8. The number of hydrogen-bond donors (Lipinski definition) is 2. The number of carbonyl (C=O) groups is 2. The van der Waals surface area contributed by atoms with Crippen LogP contribution in [0.3, 0.4) is 0 Å². The quantitative estimate of drug-likeness (QED) is 0.339. The average molecular weight is 498 g/mol. The maximum absolute atomic E-state index is 12.6. The fourth-order valence-electron chi connectivity index (χ4n) is 4.01. The molecule has 2 aliphatic rings. The normalized spacial score (nSPS) is 19.6. The summed E-state index contributed by atoms with van der Waals surface area (Å²) in [5.41, 5.74) is -0.277. The van der Waals surface area contributed by atoms with E-state index in [0.29, 0.717) is 36.5 Å². The van der Waals surface area contributed by atoms with Crippen LogP contribution in [0.1, 0.15) is 40.5 Å². The molecule has 184 valence electrons. The minimum atomic E-state index is -0.277. The van der Waals surface area contributed by atoms with Gasteiger partial charge in [0, 0.05) is 50.4 Å². The van der Waals surface area contributed by atoms with Gasteiger partial charge in [0.25, 0.3) is 0 Å². The zero-order valence-corrected chi connectivity index (χ0v) is 21.6. The fourth-order valence-corrected chi connectivity index (χ4v) is 4.92. The third-order valence-electron chi connectivity index (χ3n) is 5.64. The standard InChI is InChI=1S/C22H36ClN7O2S/c1-16-14-29(11-12-30(16)21(32)27-22(2,3)4)18-13-17(23)25-20(26-18)33-15-19(31)24-7-10-28-8-5-6-9-28/h13,16H,5-12,14-15H2,1-4H3,(H,24,31)(H,27,32). The monoisotopic (exact) mass is 497 g/mol. The van der Waals surface area contributed by atoms with Crippen LogP contribution in [0.4, 0.5) is 10.6 Å². The number of amides is 3. The molecule has 0 bridgehead atoms. The topological polar surface area (TPSA) is 93.7 Å². The number of nitrogens with one attached hydrogen (secondary N) is 2. The number of halogens is 1. The van der Waals surface area contributed by atoms with Gasteiger partial charge in [-0.1, -0.05) is 23.4 Å². The van der Waals surface area contributed by atoms with Crippen LogP contribution in [-0.2, 0) is 4.79 Å². The van der Waals surface area contributed by atoms with E-state index in [2.05, 4.69) is 30.4 Å². The van der Waals surface area contributed by atoms with Crippen molar-refractivity contribution in [2.24, 2.45) is 0 Å². The Hall–Kier alpha value is -1.78. The number of carbonyl (C=O) groups excluding carboxylic acids is 2. The van der Waals surface area contributed by atoms with Crippen molar-refractivity contribution < 1.29 is 9.59 Å². The molecule has 1 atom stereocenters. The molecule has 0 radical (unpaired) electrons. The number of likely N-dealkylation sites (tertiary alicyclic amines) is 1. The Morgan fingerprint density at radius 3 is 2.58 bits per heavy atom. The first-order valence-electron chi connectivity index (χ1n) is 11.6. The molecule has 0 aromatic carbocycles. The number of piperazine rings is 1. The van der Waals surface area contributed by atoms with Crippen molar-refractivity contribution in [2.75, 3.05) is 56.5 Å². The number of nitrogens with zero attached hydrogens (tertiary/aromatic N) is 5. The predicted molar refractivity (Wildman–Crippen MR) is 133 cm³/mol. The molecule has 9 nitrogen and oxygen atoms in total. The summed E-state index contributed by atoms with van der Waals surface area (Å²) in [6.07, 6.45) is 2.49. The summed E-state index contributed by atoms with van der Waals surface area (Å²) in [4.78, 5) is 40.0. The molecule has 1 aromatic rings. The molecule has 3 amide bonds. The molecule has 0 saturated carbocycles. The molecule has 2 N–H and O–H groups in total. The fraction of sp³-hybridized carbons (Fsp3) is 0.727. The molecule has 2 fully saturated rings. The summed E-state index contributed by atoms with van der Waals surface area (Å²) in [5, 5.41) is 6.82. The lowest BCUT2D eigenvalue weighted by molar-refractivity contribution is -0.118. The molecule has 3 rings (SSSR count). The Morgan fingerprint density at radius 1 is 1.18 bits per heavy atom. The average Bonchev–Trinajstić information content (AvgIpc) is 3.24. The third-order valence-corrected chi connectivity index (χ3v) is 6.68. The van der Waals surface area contributed by atoms with Gasteiger partial charge in [-0.2, -0.15) is 0 Å². The summed E-state index contributed by atoms with van der Waals surface area (Å²) in [6.45, 7) is 13.6. The van der Waals surface area contributed by atoms with E-state index in [1.54, 1.807) is 6.07 Å². The van der Waals surface area contributed by atoms with Crippen LogP contribution in [0.5, 0.6) is 0 Å². The highest BCUT2D eigenvalue weighted by molar-refractivity contribution is 7.99. The van der Waals surface area contributed by atoms with E-state index in [9.17, 15) is 9.59 Å². The van der Waals surface area contributed by atoms with Crippen LogP contribution < -0.4 is 15.5 Å². The lowest BCUT2D eigenvalue weighted by Crippen LogP contribution is -2.59. The highest BCUT2D eigenvalue weighted by atomic mass is 35.5. The molecule has 0 spiro atoms. The molecular weight excluding hydrogens is 462 g/mol. The minimum absolute atomic E-state index is 0.0207. The van der Waals surface area contributed by atoms with Crippen LogP contribution in [0.25, 0.3) is 0 Å². The predicted octanol–water partition coefficient (Wildman–Crippen LogP) is 2.45. The first-order chi connectivity index (χ1) is 15.6. The summed E-state index contributed by atoms with van der Waals surface area (Å²) in [7, 11) is 0. The van der Waals surface area contributed by atoms with E-state index in [4.69, 9.17) is 11.6 Å². The van der Waals surface area contributed by atoms with E-state index in [1.165, 1.54) is 24.6 Å². The maximum atomic E-state index is 12.6.